The van der Waals surface area contributed by atoms with E-state index in [0.717, 1.165) is 22.3 Å². The van der Waals surface area contributed by atoms with Gasteiger partial charge in [-0.05, 0) is 46.9 Å². The number of nitrogens with zero attached hydrogens (tertiary/aromatic N) is 2. The summed E-state index contributed by atoms with van der Waals surface area (Å²) in [4.78, 5) is 52.3. The number of carbonyl (C=O) groups is 4. The second-order valence-electron chi connectivity index (χ2n) is 9.89. The normalized spacial score (nSPS) is 14.0. The number of amides is 2. The summed E-state index contributed by atoms with van der Waals surface area (Å²) in [6.07, 6.45) is 1.48. The van der Waals surface area contributed by atoms with Crippen molar-refractivity contribution >= 4 is 74.9 Å². The highest BCUT2D eigenvalue weighted by molar-refractivity contribution is 7.13. The lowest BCUT2D eigenvalue weighted by Crippen LogP contribution is -2.32. The molecule has 2 aliphatic rings. The van der Waals surface area contributed by atoms with Gasteiger partial charge in [-0.2, -0.15) is 0 Å². The van der Waals surface area contributed by atoms with Crippen molar-refractivity contribution in [1.29, 1.82) is 0 Å². The van der Waals surface area contributed by atoms with Crippen LogP contribution in [0.4, 0.5) is 21.0 Å². The van der Waals surface area contributed by atoms with Gasteiger partial charge < -0.3 is 9.47 Å². The molecule has 0 aliphatic carbocycles. The van der Waals surface area contributed by atoms with E-state index in [1.807, 2.05) is 83.6 Å². The fourth-order valence-electron chi connectivity index (χ4n) is 4.73. The number of halogens is 1. The summed E-state index contributed by atoms with van der Waals surface area (Å²) in [5.41, 5.74) is 3.75. The summed E-state index contributed by atoms with van der Waals surface area (Å²) in [6, 6.07) is 22.7. The van der Waals surface area contributed by atoms with Crippen molar-refractivity contribution in [1.82, 2.24) is 0 Å². The van der Waals surface area contributed by atoms with Gasteiger partial charge in [0.15, 0.2) is 5.78 Å². The van der Waals surface area contributed by atoms with Gasteiger partial charge in [0.25, 0.3) is 0 Å². The minimum absolute atomic E-state index is 0. The maximum atomic E-state index is 12.4. The van der Waals surface area contributed by atoms with Crippen molar-refractivity contribution in [3.63, 3.8) is 0 Å². The topological polar surface area (TPSA) is 93.2 Å². The minimum atomic E-state index is -0.440. The molecular weight excluding hydrogens is 632 g/mol. The number of rotatable bonds is 5. The zero-order chi connectivity index (χ0) is 30.9. The fraction of sp³-hybridized carbons (Fsp3) is 0.235. The van der Waals surface area contributed by atoms with Crippen LogP contribution in [-0.4, -0.2) is 37.3 Å². The standard InChI is InChI=1S/C17H14ClNO3S.C16H15NO3S.CH4/c18-15-13(10-20)6-8-19(14-7-9-23-16(14)15)17(21)22-11-12-4-2-1-3-5-12;18-14-7-4-9-17(13-8-10-21-15(13)14)16(19)20-11-12-5-2-1-3-6-12;/h1-5,7,9-10H,6,8,11H2;1-3,5-6,8,10H,4,7,9,11H2;1H4. The predicted octanol–water partition coefficient (Wildman–Crippen LogP) is 8.95. The van der Waals surface area contributed by atoms with Crippen LogP contribution in [0.5, 0.6) is 0 Å². The maximum Gasteiger partial charge on any atom is 0.414 e. The Hall–Kier alpha value is -4.25. The Bertz CT molecular complexity index is 1650. The van der Waals surface area contributed by atoms with Crippen LogP contribution < -0.4 is 9.80 Å². The smallest absolute Gasteiger partial charge is 0.414 e. The Kier molecular flexibility index (Phi) is 12.1. The first-order valence-corrected chi connectivity index (χ1v) is 16.1. The zero-order valence-corrected chi connectivity index (χ0v) is 26.0. The number of hydrogen-bond acceptors (Lipinski definition) is 8. The Labute approximate surface area is 275 Å². The van der Waals surface area contributed by atoms with Gasteiger partial charge in [-0.15, -0.1) is 22.7 Å². The third-order valence-electron chi connectivity index (χ3n) is 6.99. The molecule has 4 heterocycles. The number of benzene rings is 2. The third-order valence-corrected chi connectivity index (χ3v) is 9.40. The van der Waals surface area contributed by atoms with Crippen LogP contribution in [0.2, 0.25) is 0 Å². The molecule has 2 aromatic carbocycles. The number of thiophene rings is 2. The molecule has 2 aromatic heterocycles. The maximum absolute atomic E-state index is 12.4. The molecule has 0 spiro atoms. The molecule has 2 amide bonds. The number of ether oxygens (including phenoxy) is 2. The van der Waals surface area contributed by atoms with Gasteiger partial charge in [0.1, 0.15) is 19.5 Å². The lowest BCUT2D eigenvalue weighted by molar-refractivity contribution is -0.105. The van der Waals surface area contributed by atoms with E-state index in [-0.39, 0.29) is 26.4 Å². The van der Waals surface area contributed by atoms with E-state index in [1.54, 1.807) is 4.90 Å². The highest BCUT2D eigenvalue weighted by atomic mass is 35.5. The molecule has 8 nitrogen and oxygen atoms in total. The molecule has 0 radical (unpaired) electrons. The monoisotopic (exact) mass is 664 g/mol. The zero-order valence-electron chi connectivity index (χ0n) is 23.6. The quantitative estimate of drug-likeness (QED) is 0.198. The first kappa shape index (κ1) is 33.6. The molecule has 0 atom stereocenters. The molecule has 11 heteroatoms. The average Bonchev–Trinajstić information content (AvgIpc) is 3.69. The fourth-order valence-corrected chi connectivity index (χ4v) is 6.83. The molecule has 0 N–H and O–H groups in total. The van der Waals surface area contributed by atoms with E-state index >= 15 is 0 Å². The summed E-state index contributed by atoms with van der Waals surface area (Å²) in [5, 5.41) is 4.10. The number of fused-ring (bicyclic) bond motifs is 2. The van der Waals surface area contributed by atoms with Crippen molar-refractivity contribution < 1.29 is 28.7 Å². The van der Waals surface area contributed by atoms with Gasteiger partial charge in [-0.3, -0.25) is 19.4 Å². The second kappa shape index (κ2) is 16.2. The minimum Gasteiger partial charge on any atom is -0.444 e. The molecule has 6 rings (SSSR count). The van der Waals surface area contributed by atoms with Crippen LogP contribution >= 0.6 is 34.3 Å². The number of anilines is 2. The Balaban J connectivity index is 0.000000201. The molecule has 0 fully saturated rings. The molecule has 0 saturated heterocycles. The molecular formula is C34H33ClN2O6S2. The van der Waals surface area contributed by atoms with Crippen LogP contribution in [0.1, 0.15) is 52.4 Å². The highest BCUT2D eigenvalue weighted by Gasteiger charge is 2.28. The van der Waals surface area contributed by atoms with E-state index in [2.05, 4.69) is 0 Å². The average molecular weight is 665 g/mol. The lowest BCUT2D eigenvalue weighted by atomic mass is 10.2. The van der Waals surface area contributed by atoms with E-state index in [9.17, 15) is 19.2 Å². The van der Waals surface area contributed by atoms with Crippen molar-refractivity contribution in [2.24, 2.45) is 0 Å². The number of Topliss-reactive ketones (excluding diaryl/α,β-unsaturated/α-hetero) is 1. The number of hydrogen-bond donors (Lipinski definition) is 0. The lowest BCUT2D eigenvalue weighted by Gasteiger charge is -2.20. The molecule has 234 valence electrons. The highest BCUT2D eigenvalue weighted by Crippen LogP contribution is 2.40. The van der Waals surface area contributed by atoms with Crippen molar-refractivity contribution in [2.45, 2.75) is 39.9 Å². The van der Waals surface area contributed by atoms with Gasteiger partial charge in [0, 0.05) is 25.1 Å². The van der Waals surface area contributed by atoms with Gasteiger partial charge in [-0.1, -0.05) is 79.7 Å². The van der Waals surface area contributed by atoms with Gasteiger partial charge in [-0.25, -0.2) is 9.59 Å². The first-order valence-electron chi connectivity index (χ1n) is 13.9. The van der Waals surface area contributed by atoms with Crippen molar-refractivity contribution in [3.05, 3.63) is 110 Å². The van der Waals surface area contributed by atoms with Crippen LogP contribution in [-0.2, 0) is 27.5 Å². The number of aldehydes is 1. The molecule has 0 unspecified atom stereocenters. The second-order valence-corrected chi connectivity index (χ2v) is 12.1. The Morgan fingerprint density at radius 1 is 0.756 bits per heavy atom. The van der Waals surface area contributed by atoms with E-state index < -0.39 is 12.2 Å². The SMILES string of the molecule is C.O=C1CCCN(C(=O)OCc2ccccc2)c2ccsc21.O=CC1=C(Cl)c2sccc2N(C(=O)OCc2ccccc2)CC1. The molecule has 0 saturated carbocycles. The summed E-state index contributed by atoms with van der Waals surface area (Å²) in [6.45, 7) is 1.33. The van der Waals surface area contributed by atoms with E-state index in [0.29, 0.717) is 59.2 Å². The van der Waals surface area contributed by atoms with Crippen molar-refractivity contribution in [3.8, 4) is 0 Å². The van der Waals surface area contributed by atoms with Crippen LogP contribution in [0, 0.1) is 0 Å². The predicted molar refractivity (Wildman–Crippen MR) is 180 cm³/mol. The largest absolute Gasteiger partial charge is 0.444 e. The first-order chi connectivity index (χ1) is 21.5. The third kappa shape index (κ3) is 8.27. The van der Waals surface area contributed by atoms with Gasteiger partial charge in [0.2, 0.25) is 0 Å². The summed E-state index contributed by atoms with van der Waals surface area (Å²) in [7, 11) is 0. The van der Waals surface area contributed by atoms with Gasteiger partial charge in [0.05, 0.1) is 26.2 Å². The van der Waals surface area contributed by atoms with Crippen LogP contribution in [0.15, 0.2) is 89.1 Å². The number of carbonyl (C=O) groups excluding carboxylic acids is 4. The van der Waals surface area contributed by atoms with Crippen LogP contribution in [0.25, 0.3) is 5.03 Å². The Morgan fingerprint density at radius 3 is 1.82 bits per heavy atom. The van der Waals surface area contributed by atoms with E-state index in [1.165, 1.54) is 27.6 Å². The number of ketones is 1. The summed E-state index contributed by atoms with van der Waals surface area (Å²) < 4.78 is 10.8. The molecule has 4 aromatic rings. The molecule has 45 heavy (non-hydrogen) atoms. The Morgan fingerprint density at radius 2 is 1.27 bits per heavy atom. The van der Waals surface area contributed by atoms with Crippen LogP contribution in [0.3, 0.4) is 0 Å². The van der Waals surface area contributed by atoms with Gasteiger partial charge >= 0.3 is 12.2 Å². The van der Waals surface area contributed by atoms with E-state index in [4.69, 9.17) is 21.1 Å². The molecule has 0 bridgehead atoms. The molecule has 2 aliphatic heterocycles. The van der Waals surface area contributed by atoms with Crippen molar-refractivity contribution in [2.75, 3.05) is 22.9 Å². The summed E-state index contributed by atoms with van der Waals surface area (Å²) >= 11 is 9.07. The summed E-state index contributed by atoms with van der Waals surface area (Å²) in [5.74, 6) is 0.110.